The number of hydrogen-bond donors (Lipinski definition) is 1. The highest BCUT2D eigenvalue weighted by molar-refractivity contribution is 8.00. The van der Waals surface area contributed by atoms with E-state index in [0.29, 0.717) is 23.5 Å². The predicted octanol–water partition coefficient (Wildman–Crippen LogP) is 5.54. The number of anilines is 1. The summed E-state index contributed by atoms with van der Waals surface area (Å²) in [4.78, 5) is 38.9. The number of rotatable bonds is 7. The molecule has 34 heavy (non-hydrogen) atoms. The number of benzene rings is 3. The first-order chi connectivity index (χ1) is 16.5. The number of ether oxygens (including phenoxy) is 1. The maximum atomic E-state index is 12.7. The monoisotopic (exact) mass is 494 g/mol. The number of halogens is 1. The molecular formula is C26H23ClN2O4S. The zero-order valence-electron chi connectivity index (χ0n) is 18.5. The predicted molar refractivity (Wildman–Crippen MR) is 134 cm³/mol. The van der Waals surface area contributed by atoms with E-state index < -0.39 is 5.97 Å². The molecule has 8 heteroatoms. The van der Waals surface area contributed by atoms with Gasteiger partial charge in [-0.15, -0.1) is 11.8 Å². The van der Waals surface area contributed by atoms with Crippen molar-refractivity contribution in [2.45, 2.75) is 18.8 Å². The van der Waals surface area contributed by atoms with Crippen LogP contribution in [0, 0.1) is 0 Å². The van der Waals surface area contributed by atoms with Crippen LogP contribution in [0.4, 0.5) is 5.69 Å². The van der Waals surface area contributed by atoms with Crippen LogP contribution in [0.1, 0.15) is 44.1 Å². The number of hydrogen-bond acceptors (Lipinski definition) is 5. The zero-order chi connectivity index (χ0) is 24.1. The molecule has 1 atom stereocenters. The molecule has 0 aromatic heterocycles. The molecule has 3 aromatic carbocycles. The number of nitrogens with one attached hydrogen (secondary N) is 1. The maximum Gasteiger partial charge on any atom is 0.339 e. The van der Waals surface area contributed by atoms with Crippen LogP contribution in [0.25, 0.3) is 0 Å². The summed E-state index contributed by atoms with van der Waals surface area (Å²) in [5.74, 6) is -0.278. The van der Waals surface area contributed by atoms with Crippen LogP contribution in [0.5, 0.6) is 0 Å². The van der Waals surface area contributed by atoms with Gasteiger partial charge in [-0.05, 0) is 48.4 Å². The fourth-order valence-corrected chi connectivity index (χ4v) is 5.10. The Balaban J connectivity index is 1.44. The molecule has 6 nitrogen and oxygen atoms in total. The molecule has 1 aliphatic heterocycles. The Morgan fingerprint density at radius 1 is 1.09 bits per heavy atom. The number of esters is 1. The van der Waals surface area contributed by atoms with Crippen molar-refractivity contribution in [1.29, 1.82) is 0 Å². The van der Waals surface area contributed by atoms with Crippen molar-refractivity contribution < 1.29 is 19.1 Å². The normalized spacial score (nSPS) is 15.3. The first-order valence-electron chi connectivity index (χ1n) is 10.8. The van der Waals surface area contributed by atoms with E-state index in [4.69, 9.17) is 16.3 Å². The quantitative estimate of drug-likeness (QED) is 0.436. The lowest BCUT2D eigenvalue weighted by atomic mass is 10.1. The maximum absolute atomic E-state index is 12.7. The minimum absolute atomic E-state index is 0.0981. The summed E-state index contributed by atoms with van der Waals surface area (Å²) >= 11 is 7.76. The van der Waals surface area contributed by atoms with E-state index in [-0.39, 0.29) is 34.4 Å². The lowest BCUT2D eigenvalue weighted by molar-refractivity contribution is -0.128. The highest BCUT2D eigenvalue weighted by Crippen LogP contribution is 2.39. The van der Waals surface area contributed by atoms with Gasteiger partial charge in [-0.3, -0.25) is 9.59 Å². The minimum Gasteiger partial charge on any atom is -0.462 e. The largest absolute Gasteiger partial charge is 0.462 e. The minimum atomic E-state index is -0.509. The van der Waals surface area contributed by atoms with E-state index in [1.165, 1.54) is 12.1 Å². The second kappa shape index (κ2) is 10.8. The number of thioether (sulfide) groups is 1. The van der Waals surface area contributed by atoms with Crippen LogP contribution < -0.4 is 5.32 Å². The molecular weight excluding hydrogens is 472 g/mol. The van der Waals surface area contributed by atoms with Gasteiger partial charge in [0.15, 0.2) is 0 Å². The number of nitrogens with zero attached hydrogens (tertiary/aromatic N) is 1. The van der Waals surface area contributed by atoms with Crippen LogP contribution in [-0.4, -0.2) is 35.0 Å². The SMILES string of the molecule is CCOC(=O)c1ccc(NC(=O)c2ccc([C@@H]3SCC(=O)N3Cc3ccccc3)cc2)cc1Cl. The van der Waals surface area contributed by atoms with Crippen molar-refractivity contribution in [2.24, 2.45) is 0 Å². The summed E-state index contributed by atoms with van der Waals surface area (Å²) in [5, 5.41) is 2.89. The van der Waals surface area contributed by atoms with Gasteiger partial charge in [-0.1, -0.05) is 54.1 Å². The number of carbonyl (C=O) groups is 3. The van der Waals surface area contributed by atoms with Gasteiger partial charge in [-0.25, -0.2) is 4.79 Å². The highest BCUT2D eigenvalue weighted by Gasteiger charge is 2.32. The lowest BCUT2D eigenvalue weighted by Crippen LogP contribution is -2.27. The fourth-order valence-electron chi connectivity index (χ4n) is 3.65. The van der Waals surface area contributed by atoms with Crippen molar-refractivity contribution in [2.75, 3.05) is 17.7 Å². The average molecular weight is 495 g/mol. The molecule has 0 unspecified atom stereocenters. The van der Waals surface area contributed by atoms with E-state index >= 15 is 0 Å². The molecule has 2 amide bonds. The number of carbonyl (C=O) groups excluding carboxylic acids is 3. The topological polar surface area (TPSA) is 75.7 Å². The Kier molecular flexibility index (Phi) is 7.55. The highest BCUT2D eigenvalue weighted by atomic mass is 35.5. The van der Waals surface area contributed by atoms with Gasteiger partial charge >= 0.3 is 5.97 Å². The summed E-state index contributed by atoms with van der Waals surface area (Å²) in [6, 6.07) is 21.8. The Hall–Kier alpha value is -3.29. The molecule has 4 rings (SSSR count). The van der Waals surface area contributed by atoms with Gasteiger partial charge in [0.05, 0.1) is 22.9 Å². The van der Waals surface area contributed by atoms with Crippen molar-refractivity contribution in [3.8, 4) is 0 Å². The van der Waals surface area contributed by atoms with Crippen LogP contribution in [0.3, 0.4) is 0 Å². The van der Waals surface area contributed by atoms with E-state index in [1.807, 2.05) is 47.4 Å². The molecule has 0 radical (unpaired) electrons. The van der Waals surface area contributed by atoms with Crippen LogP contribution in [0.2, 0.25) is 5.02 Å². The Morgan fingerprint density at radius 3 is 2.50 bits per heavy atom. The summed E-state index contributed by atoms with van der Waals surface area (Å²) in [6.07, 6.45) is 0. The van der Waals surface area contributed by atoms with Gasteiger partial charge in [0.1, 0.15) is 5.37 Å². The standard InChI is InChI=1S/C26H23ClN2O4S/c1-2-33-26(32)21-13-12-20(14-22(21)27)28-24(31)18-8-10-19(11-9-18)25-29(23(30)16-34-25)15-17-6-4-3-5-7-17/h3-14,25H,2,15-16H2,1H3,(H,28,31)/t25-/m0/s1. The first kappa shape index (κ1) is 23.9. The van der Waals surface area contributed by atoms with Gasteiger partial charge in [0.25, 0.3) is 5.91 Å². The van der Waals surface area contributed by atoms with Crippen molar-refractivity contribution in [1.82, 2.24) is 4.90 Å². The molecule has 1 aliphatic rings. The lowest BCUT2D eigenvalue weighted by Gasteiger charge is -2.24. The van der Waals surface area contributed by atoms with E-state index in [9.17, 15) is 14.4 Å². The molecule has 0 saturated carbocycles. The van der Waals surface area contributed by atoms with Crippen molar-refractivity contribution in [3.05, 3.63) is 100 Å². The molecule has 0 aliphatic carbocycles. The first-order valence-corrected chi connectivity index (χ1v) is 12.2. The summed E-state index contributed by atoms with van der Waals surface area (Å²) in [5.41, 5.74) is 3.23. The number of amides is 2. The van der Waals surface area contributed by atoms with Crippen LogP contribution >= 0.6 is 23.4 Å². The zero-order valence-corrected chi connectivity index (χ0v) is 20.1. The molecule has 174 valence electrons. The summed E-state index contributed by atoms with van der Waals surface area (Å²) in [6.45, 7) is 2.51. The third-order valence-electron chi connectivity index (χ3n) is 5.34. The smallest absolute Gasteiger partial charge is 0.339 e. The molecule has 1 heterocycles. The van der Waals surface area contributed by atoms with Crippen molar-refractivity contribution >= 4 is 46.8 Å². The Morgan fingerprint density at radius 2 is 1.82 bits per heavy atom. The third kappa shape index (κ3) is 5.43. The van der Waals surface area contributed by atoms with Gasteiger partial charge in [0, 0.05) is 17.8 Å². The van der Waals surface area contributed by atoms with E-state index in [2.05, 4.69) is 5.32 Å². The second-order valence-electron chi connectivity index (χ2n) is 7.66. The molecule has 1 fully saturated rings. The molecule has 0 bridgehead atoms. The fraction of sp³-hybridized carbons (Fsp3) is 0.192. The van der Waals surface area contributed by atoms with Crippen LogP contribution in [-0.2, 0) is 16.1 Å². The van der Waals surface area contributed by atoms with Gasteiger partial charge < -0.3 is 15.0 Å². The molecule has 1 N–H and O–H groups in total. The van der Waals surface area contributed by atoms with E-state index in [0.717, 1.165) is 11.1 Å². The van der Waals surface area contributed by atoms with Crippen molar-refractivity contribution in [3.63, 3.8) is 0 Å². The summed E-state index contributed by atoms with van der Waals surface area (Å²) in [7, 11) is 0. The molecule has 3 aromatic rings. The Bertz CT molecular complexity index is 1200. The summed E-state index contributed by atoms with van der Waals surface area (Å²) < 4.78 is 4.96. The van der Waals surface area contributed by atoms with Gasteiger partial charge in [-0.2, -0.15) is 0 Å². The Labute approximate surface area is 207 Å². The molecule has 0 spiro atoms. The van der Waals surface area contributed by atoms with Gasteiger partial charge in [0.2, 0.25) is 5.91 Å². The second-order valence-corrected chi connectivity index (χ2v) is 9.14. The van der Waals surface area contributed by atoms with E-state index in [1.54, 1.807) is 36.9 Å². The van der Waals surface area contributed by atoms with Crippen LogP contribution in [0.15, 0.2) is 72.8 Å². The molecule has 1 saturated heterocycles. The average Bonchev–Trinajstić information content (AvgIpc) is 3.20. The third-order valence-corrected chi connectivity index (χ3v) is 6.91.